The molecule has 0 spiro atoms. The molecule has 0 aromatic heterocycles. The minimum Gasteiger partial charge on any atom is -0.478 e. The summed E-state index contributed by atoms with van der Waals surface area (Å²) in [6, 6.07) is 0. The monoisotopic (exact) mass is 642 g/mol. The van der Waals surface area contributed by atoms with Gasteiger partial charge in [0.05, 0.1) is 0 Å². The Morgan fingerprint density at radius 3 is 0.889 bits per heavy atom. The Kier molecular flexibility index (Phi) is 17.3. The highest BCUT2D eigenvalue weighted by molar-refractivity contribution is 5.93. The van der Waals surface area contributed by atoms with Gasteiger partial charge in [0, 0.05) is 60.8 Å². The summed E-state index contributed by atoms with van der Waals surface area (Å²) in [4.78, 5) is 115. The molecular formula is C25H22O20. The first kappa shape index (κ1) is 38.4. The van der Waals surface area contributed by atoms with Crippen molar-refractivity contribution in [3.63, 3.8) is 0 Å². The van der Waals surface area contributed by atoms with Crippen molar-refractivity contribution in [2.75, 3.05) is 13.2 Å². The van der Waals surface area contributed by atoms with Crippen LogP contribution in [0.1, 0.15) is 0 Å². The van der Waals surface area contributed by atoms with Crippen LogP contribution in [0.4, 0.5) is 0 Å². The lowest BCUT2D eigenvalue weighted by Crippen LogP contribution is -2.49. The van der Waals surface area contributed by atoms with Crippen molar-refractivity contribution in [3.8, 4) is 0 Å². The van der Waals surface area contributed by atoms with Crippen LogP contribution < -0.4 is 0 Å². The van der Waals surface area contributed by atoms with Crippen molar-refractivity contribution < 1.29 is 97.2 Å². The summed E-state index contributed by atoms with van der Waals surface area (Å²) in [5, 5.41) is 43.6. The SMILES string of the molecule is O=C(O)/C=C\C(=O)OC[C@H](OC(=O)/C=C\C(=O)O)[C@H](OC(=O)/C=C\C(=O)O)[C@@H](COC(=O)/C=C\C(=O)O)OC(=O)/C=C\C(=O)O. The van der Waals surface area contributed by atoms with Crippen molar-refractivity contribution in [2.45, 2.75) is 18.3 Å². The van der Waals surface area contributed by atoms with Crippen molar-refractivity contribution in [2.24, 2.45) is 0 Å². The molecule has 0 heterocycles. The van der Waals surface area contributed by atoms with Crippen molar-refractivity contribution in [3.05, 3.63) is 60.8 Å². The summed E-state index contributed by atoms with van der Waals surface area (Å²) in [6.07, 6.45) is -3.41. The lowest BCUT2D eigenvalue weighted by molar-refractivity contribution is -0.190. The third-order valence-corrected chi connectivity index (χ3v) is 4.11. The number of rotatable bonds is 19. The lowest BCUT2D eigenvalue weighted by atomic mass is 10.1. The zero-order valence-electron chi connectivity index (χ0n) is 22.3. The first-order valence-corrected chi connectivity index (χ1v) is 11.5. The number of hydrogen-bond donors (Lipinski definition) is 5. The van der Waals surface area contributed by atoms with Crippen LogP contribution in [-0.4, -0.2) is 117 Å². The van der Waals surface area contributed by atoms with Gasteiger partial charge < -0.3 is 49.2 Å². The van der Waals surface area contributed by atoms with Gasteiger partial charge >= 0.3 is 59.7 Å². The van der Waals surface area contributed by atoms with Crippen LogP contribution in [0, 0.1) is 0 Å². The number of carbonyl (C=O) groups is 10. The van der Waals surface area contributed by atoms with E-state index in [0.29, 0.717) is 42.5 Å². The average Bonchev–Trinajstić information content (AvgIpc) is 2.94. The van der Waals surface area contributed by atoms with E-state index in [4.69, 9.17) is 49.2 Å². The molecule has 0 unspecified atom stereocenters. The van der Waals surface area contributed by atoms with Crippen LogP contribution in [-0.2, 0) is 71.6 Å². The smallest absolute Gasteiger partial charge is 0.331 e. The molecule has 20 heteroatoms. The average molecular weight is 642 g/mol. The van der Waals surface area contributed by atoms with E-state index in [-0.39, 0.29) is 18.2 Å². The van der Waals surface area contributed by atoms with E-state index in [9.17, 15) is 47.9 Å². The summed E-state index contributed by atoms with van der Waals surface area (Å²) in [5.41, 5.74) is 0. The van der Waals surface area contributed by atoms with Crippen molar-refractivity contribution >= 4 is 59.7 Å². The molecule has 5 N–H and O–H groups in total. The predicted molar refractivity (Wildman–Crippen MR) is 135 cm³/mol. The molecule has 0 saturated heterocycles. The second kappa shape index (κ2) is 20.3. The topological polar surface area (TPSA) is 318 Å². The van der Waals surface area contributed by atoms with Gasteiger partial charge in [-0.25, -0.2) is 47.9 Å². The number of ether oxygens (including phenoxy) is 5. The largest absolute Gasteiger partial charge is 0.478 e. The van der Waals surface area contributed by atoms with Gasteiger partial charge in [0.2, 0.25) is 0 Å². The number of carboxylic acid groups (broad SMARTS) is 5. The van der Waals surface area contributed by atoms with Crippen molar-refractivity contribution in [1.82, 2.24) is 0 Å². The van der Waals surface area contributed by atoms with E-state index in [0.717, 1.165) is 0 Å². The number of aliphatic carboxylic acids is 5. The Hall–Kier alpha value is -6.60. The zero-order valence-corrected chi connectivity index (χ0v) is 22.3. The Morgan fingerprint density at radius 2 is 0.622 bits per heavy atom. The van der Waals surface area contributed by atoms with Gasteiger partial charge in [0.25, 0.3) is 0 Å². The number of hydrogen-bond acceptors (Lipinski definition) is 15. The van der Waals surface area contributed by atoms with Crippen molar-refractivity contribution in [1.29, 1.82) is 0 Å². The fourth-order valence-electron chi connectivity index (χ4n) is 2.45. The van der Waals surface area contributed by atoms with Crippen LogP contribution in [0.25, 0.3) is 0 Å². The molecule has 0 radical (unpaired) electrons. The van der Waals surface area contributed by atoms with Crippen LogP contribution >= 0.6 is 0 Å². The summed E-state index contributed by atoms with van der Waals surface area (Å²) in [5.74, 6) is -15.6. The van der Waals surface area contributed by atoms with E-state index in [2.05, 4.69) is 0 Å². The van der Waals surface area contributed by atoms with Gasteiger partial charge in [-0.2, -0.15) is 0 Å². The van der Waals surface area contributed by atoms with Crippen LogP contribution in [0.5, 0.6) is 0 Å². The molecule has 0 rings (SSSR count). The third kappa shape index (κ3) is 20.0. The highest BCUT2D eigenvalue weighted by atomic mass is 16.6. The minimum absolute atomic E-state index is 0.264. The quantitative estimate of drug-likeness (QED) is 0.0578. The third-order valence-electron chi connectivity index (χ3n) is 4.11. The van der Waals surface area contributed by atoms with Crippen LogP contribution in [0.2, 0.25) is 0 Å². The molecule has 0 fully saturated rings. The highest BCUT2D eigenvalue weighted by Crippen LogP contribution is 2.17. The van der Waals surface area contributed by atoms with Gasteiger partial charge in [0.15, 0.2) is 18.3 Å². The maximum Gasteiger partial charge on any atom is 0.331 e. The predicted octanol–water partition coefficient (Wildman–Crippen LogP) is -1.99. The normalized spacial score (nSPS) is 13.2. The van der Waals surface area contributed by atoms with E-state index < -0.39 is 91.2 Å². The summed E-state index contributed by atoms with van der Waals surface area (Å²) >= 11 is 0. The first-order valence-electron chi connectivity index (χ1n) is 11.5. The fraction of sp³-hybridized carbons (Fsp3) is 0.200. The molecule has 0 aliphatic carbocycles. The molecule has 242 valence electrons. The van der Waals surface area contributed by atoms with Gasteiger partial charge in [0.1, 0.15) is 13.2 Å². The molecule has 0 amide bonds. The highest BCUT2D eigenvalue weighted by Gasteiger charge is 2.39. The molecule has 0 aliphatic heterocycles. The maximum absolute atomic E-state index is 12.4. The Bertz CT molecular complexity index is 1250. The van der Waals surface area contributed by atoms with Gasteiger partial charge in [-0.1, -0.05) is 0 Å². The van der Waals surface area contributed by atoms with Gasteiger partial charge in [-0.3, -0.25) is 0 Å². The maximum atomic E-state index is 12.4. The van der Waals surface area contributed by atoms with E-state index in [1.54, 1.807) is 0 Å². The standard InChI is InChI=1S/C25H22O20/c26-15(27)1-6-20(36)41-11-13(43-22(38)8-3-17(30)31)25(45-24(40)10-5-19(34)35)14(44-23(39)9-4-18(32)33)12-42-21(37)7-2-16(28)29/h1-10,13-14,25H,11-12H2,(H,26,27)(H,28,29)(H,30,31)(H,32,33)(H,34,35)/b6-1-,7-2-,8-3-,9-4-,10-5-/t13-,14+,25-. The van der Waals surface area contributed by atoms with E-state index in [1.807, 2.05) is 0 Å². The Labute approximate surface area is 249 Å². The number of esters is 5. The second-order valence-corrected chi connectivity index (χ2v) is 7.47. The van der Waals surface area contributed by atoms with E-state index in [1.165, 1.54) is 0 Å². The number of carboxylic acids is 5. The fourth-order valence-corrected chi connectivity index (χ4v) is 2.45. The first-order chi connectivity index (χ1) is 21.0. The van der Waals surface area contributed by atoms with Gasteiger partial charge in [-0.05, 0) is 0 Å². The summed E-state index contributed by atoms with van der Waals surface area (Å²) in [7, 11) is 0. The molecule has 0 aromatic rings. The minimum atomic E-state index is -2.27. The van der Waals surface area contributed by atoms with E-state index >= 15 is 0 Å². The Balaban J connectivity index is 6.86. The summed E-state index contributed by atoms with van der Waals surface area (Å²) < 4.78 is 24.4. The molecule has 0 aromatic carbocycles. The molecule has 45 heavy (non-hydrogen) atoms. The molecule has 0 bridgehead atoms. The summed E-state index contributed by atoms with van der Waals surface area (Å²) in [6.45, 7) is -2.39. The zero-order chi connectivity index (χ0) is 34.5. The molecule has 3 atom stereocenters. The molecule has 20 nitrogen and oxygen atoms in total. The Morgan fingerprint density at radius 1 is 0.378 bits per heavy atom. The van der Waals surface area contributed by atoms with Crippen LogP contribution in [0.3, 0.4) is 0 Å². The molecule has 0 aliphatic rings. The van der Waals surface area contributed by atoms with Gasteiger partial charge in [-0.15, -0.1) is 0 Å². The van der Waals surface area contributed by atoms with Crippen LogP contribution in [0.15, 0.2) is 60.8 Å². The second-order valence-electron chi connectivity index (χ2n) is 7.47. The molecule has 0 saturated carbocycles. The lowest BCUT2D eigenvalue weighted by Gasteiger charge is -2.31. The molecular weight excluding hydrogens is 620 g/mol. The number of carbonyl (C=O) groups excluding carboxylic acids is 5.